The number of hydrogen-bond acceptors (Lipinski definition) is 4. The third-order valence-corrected chi connectivity index (χ3v) is 4.72. The Morgan fingerprint density at radius 2 is 1.64 bits per heavy atom. The van der Waals surface area contributed by atoms with Gasteiger partial charge < -0.3 is 14.6 Å². The zero-order chi connectivity index (χ0) is 20.4. The van der Waals surface area contributed by atoms with Gasteiger partial charge in [-0.15, -0.1) is 0 Å². The van der Waals surface area contributed by atoms with Crippen LogP contribution in [0.1, 0.15) is 47.2 Å². The van der Waals surface area contributed by atoms with Crippen LogP contribution in [0.5, 0.6) is 5.75 Å². The molecule has 148 valence electrons. The molecule has 0 saturated heterocycles. The van der Waals surface area contributed by atoms with Crippen molar-refractivity contribution >= 4 is 12.1 Å². The molecule has 28 heavy (non-hydrogen) atoms. The van der Waals surface area contributed by atoms with Gasteiger partial charge in [-0.1, -0.05) is 30.3 Å². The maximum absolute atomic E-state index is 13.2. The lowest BCUT2D eigenvalue weighted by Crippen LogP contribution is -2.31. The summed E-state index contributed by atoms with van der Waals surface area (Å²) in [5, 5.41) is 9.00. The van der Waals surface area contributed by atoms with Gasteiger partial charge in [0.1, 0.15) is 11.4 Å². The monoisotopic (exact) mass is 394 g/mol. The zero-order valence-corrected chi connectivity index (χ0v) is 14.7. The molecule has 0 unspecified atom stereocenters. The molecule has 0 atom stereocenters. The minimum atomic E-state index is -4.82. The Labute approximate surface area is 158 Å². The van der Waals surface area contributed by atoms with Crippen LogP contribution in [0.3, 0.4) is 0 Å². The van der Waals surface area contributed by atoms with E-state index in [1.807, 2.05) is 0 Å². The van der Waals surface area contributed by atoms with Crippen LogP contribution >= 0.6 is 0 Å². The van der Waals surface area contributed by atoms with Gasteiger partial charge >= 0.3 is 18.3 Å². The number of rotatable bonds is 4. The van der Waals surface area contributed by atoms with E-state index in [-0.39, 0.29) is 0 Å². The second-order valence-electron chi connectivity index (χ2n) is 6.54. The van der Waals surface area contributed by atoms with Gasteiger partial charge in [0.25, 0.3) is 0 Å². The molecule has 0 radical (unpaired) electrons. The van der Waals surface area contributed by atoms with E-state index in [9.17, 15) is 22.8 Å². The molecule has 8 heteroatoms. The van der Waals surface area contributed by atoms with Crippen molar-refractivity contribution in [3.63, 3.8) is 0 Å². The summed E-state index contributed by atoms with van der Waals surface area (Å²) in [5.74, 6) is -2.35. The Kier molecular flexibility index (Phi) is 5.31. The van der Waals surface area contributed by atoms with Gasteiger partial charge in [-0.25, -0.2) is 9.59 Å². The van der Waals surface area contributed by atoms with E-state index < -0.39 is 40.8 Å². The summed E-state index contributed by atoms with van der Waals surface area (Å²) in [4.78, 5) is 23.4. The number of ether oxygens (including phenoxy) is 2. The Morgan fingerprint density at radius 1 is 1.00 bits per heavy atom. The lowest BCUT2D eigenvalue weighted by Gasteiger charge is -2.29. The molecule has 5 nitrogen and oxygen atoms in total. The average Bonchev–Trinajstić information content (AvgIpc) is 3.11. The van der Waals surface area contributed by atoms with Crippen LogP contribution in [0.4, 0.5) is 18.0 Å². The number of alkyl halides is 3. The maximum Gasteiger partial charge on any atom is 0.514 e. The molecular weight excluding hydrogens is 377 g/mol. The number of hydrogen-bond donors (Lipinski definition) is 1. The molecule has 3 rings (SSSR count). The number of halogens is 3. The summed E-state index contributed by atoms with van der Waals surface area (Å²) < 4.78 is 49.9. The van der Waals surface area contributed by atoms with E-state index in [0.29, 0.717) is 25.0 Å². The lowest BCUT2D eigenvalue weighted by molar-refractivity contribution is -0.138. The molecular formula is C20H17F3O5. The second kappa shape index (κ2) is 7.53. The highest BCUT2D eigenvalue weighted by molar-refractivity contribution is 5.88. The highest BCUT2D eigenvalue weighted by Gasteiger charge is 2.41. The highest BCUT2D eigenvalue weighted by atomic mass is 19.4. The van der Waals surface area contributed by atoms with Gasteiger partial charge in [-0.3, -0.25) is 0 Å². The summed E-state index contributed by atoms with van der Waals surface area (Å²) in [6, 6.07) is 11.0. The molecule has 2 aromatic rings. The number of carboxylic acids is 1. The Balaban J connectivity index is 1.88. The normalized spacial score (nSPS) is 15.8. The molecule has 0 aromatic heterocycles. The van der Waals surface area contributed by atoms with Crippen LogP contribution in [0, 0.1) is 0 Å². The highest BCUT2D eigenvalue weighted by Crippen LogP contribution is 2.43. The predicted molar refractivity (Wildman–Crippen MR) is 92.1 cm³/mol. The van der Waals surface area contributed by atoms with Crippen LogP contribution in [0.2, 0.25) is 0 Å². The molecule has 2 aromatic carbocycles. The average molecular weight is 394 g/mol. The quantitative estimate of drug-likeness (QED) is 0.556. The molecule has 1 fully saturated rings. The Morgan fingerprint density at radius 3 is 2.21 bits per heavy atom. The van der Waals surface area contributed by atoms with Gasteiger partial charge in [0.15, 0.2) is 0 Å². The minimum Gasteiger partial charge on any atom is -0.478 e. The van der Waals surface area contributed by atoms with Crippen LogP contribution in [-0.4, -0.2) is 17.2 Å². The Hall–Kier alpha value is -3.03. The predicted octanol–water partition coefficient (Wildman–Crippen LogP) is 5.39. The van der Waals surface area contributed by atoms with Crippen LogP contribution < -0.4 is 4.74 Å². The Bertz CT molecular complexity index is 871. The van der Waals surface area contributed by atoms with Crippen molar-refractivity contribution in [1.82, 2.24) is 0 Å². The molecule has 0 amide bonds. The molecule has 0 aliphatic heterocycles. The second-order valence-corrected chi connectivity index (χ2v) is 6.54. The van der Waals surface area contributed by atoms with Gasteiger partial charge in [0.05, 0.1) is 11.1 Å². The van der Waals surface area contributed by atoms with Crippen molar-refractivity contribution in [2.45, 2.75) is 37.5 Å². The van der Waals surface area contributed by atoms with Crippen molar-refractivity contribution in [2.75, 3.05) is 0 Å². The summed E-state index contributed by atoms with van der Waals surface area (Å²) in [5.41, 5.74) is -1.93. The first-order valence-corrected chi connectivity index (χ1v) is 8.62. The molecule has 1 aliphatic rings. The lowest BCUT2D eigenvalue weighted by atomic mass is 9.92. The fraction of sp³-hybridized carbons (Fsp3) is 0.300. The third-order valence-electron chi connectivity index (χ3n) is 4.72. The largest absolute Gasteiger partial charge is 0.514 e. The topological polar surface area (TPSA) is 72.8 Å². The van der Waals surface area contributed by atoms with E-state index in [1.54, 1.807) is 30.3 Å². The molecule has 0 bridgehead atoms. The van der Waals surface area contributed by atoms with Crippen molar-refractivity contribution < 1.29 is 37.3 Å². The van der Waals surface area contributed by atoms with Crippen molar-refractivity contribution in [2.24, 2.45) is 0 Å². The van der Waals surface area contributed by atoms with Crippen LogP contribution in [0.15, 0.2) is 48.5 Å². The van der Waals surface area contributed by atoms with E-state index in [0.717, 1.165) is 24.5 Å². The van der Waals surface area contributed by atoms with Crippen molar-refractivity contribution in [3.8, 4) is 5.75 Å². The van der Waals surface area contributed by atoms with Crippen LogP contribution in [0.25, 0.3) is 0 Å². The molecule has 1 aliphatic carbocycles. The molecule has 0 heterocycles. The van der Waals surface area contributed by atoms with Gasteiger partial charge in [0, 0.05) is 0 Å². The summed E-state index contributed by atoms with van der Waals surface area (Å²) in [6.07, 6.45) is -3.49. The van der Waals surface area contributed by atoms with Crippen molar-refractivity contribution in [1.29, 1.82) is 0 Å². The van der Waals surface area contributed by atoms with Crippen molar-refractivity contribution in [3.05, 3.63) is 65.2 Å². The van der Waals surface area contributed by atoms with E-state index in [4.69, 9.17) is 14.6 Å². The summed E-state index contributed by atoms with van der Waals surface area (Å²) in [6.45, 7) is 0. The van der Waals surface area contributed by atoms with Gasteiger partial charge in [-0.2, -0.15) is 13.2 Å². The molecule has 1 N–H and O–H groups in total. The third kappa shape index (κ3) is 4.11. The number of carbonyl (C=O) groups is 2. The van der Waals surface area contributed by atoms with E-state index in [1.165, 1.54) is 0 Å². The summed E-state index contributed by atoms with van der Waals surface area (Å²) >= 11 is 0. The first-order valence-electron chi connectivity index (χ1n) is 8.62. The number of carbonyl (C=O) groups excluding carboxylic acids is 1. The number of carboxylic acid groups (broad SMARTS) is 1. The first-order chi connectivity index (χ1) is 13.2. The summed E-state index contributed by atoms with van der Waals surface area (Å²) in [7, 11) is 0. The fourth-order valence-corrected chi connectivity index (χ4v) is 3.38. The standard InChI is InChI=1S/C20H17F3O5/c21-20(22,23)15-9-8-13(17(24)25)12-16(15)27-18(26)28-19(10-4-5-11-19)14-6-2-1-3-7-14/h1-3,6-9,12H,4-5,10-11H2,(H,24,25). The SMILES string of the molecule is O=C(Oc1cc(C(=O)O)ccc1C(F)(F)F)OC1(c2ccccc2)CCCC1. The van der Waals surface area contributed by atoms with Crippen LogP contribution in [-0.2, 0) is 16.5 Å². The van der Waals surface area contributed by atoms with E-state index in [2.05, 4.69) is 0 Å². The maximum atomic E-state index is 13.2. The fourth-order valence-electron chi connectivity index (χ4n) is 3.38. The van der Waals surface area contributed by atoms with E-state index >= 15 is 0 Å². The molecule has 1 saturated carbocycles. The van der Waals surface area contributed by atoms with Gasteiger partial charge in [-0.05, 0) is 49.4 Å². The number of aromatic carboxylic acids is 1. The van der Waals surface area contributed by atoms with Gasteiger partial charge in [0.2, 0.25) is 0 Å². The first kappa shape index (κ1) is 19.7. The zero-order valence-electron chi connectivity index (χ0n) is 14.7. The number of benzene rings is 2. The minimum absolute atomic E-state index is 0.436. The smallest absolute Gasteiger partial charge is 0.478 e. The molecule has 0 spiro atoms.